The molecule has 0 fully saturated rings. The van der Waals surface area contributed by atoms with E-state index in [2.05, 4.69) is 24.1 Å². The topological polar surface area (TPSA) is 34.2 Å². The van der Waals surface area contributed by atoms with Gasteiger partial charge in [0.15, 0.2) is 0 Å². The number of nitrogens with one attached hydrogen (secondary N) is 1. The first kappa shape index (κ1) is 12.0. The minimum Gasteiger partial charge on any atom is -0.481 e. The first-order chi connectivity index (χ1) is 7.26. The standard InChI is InChI=1S/C12H20N2O/c1-4-10(2)8-13-9-11-5-6-14-12(7-11)15-3/h5-7,10,13H,4,8-9H2,1-3H3. The van der Waals surface area contributed by atoms with E-state index in [-0.39, 0.29) is 0 Å². The van der Waals surface area contributed by atoms with Gasteiger partial charge in [0, 0.05) is 18.8 Å². The van der Waals surface area contributed by atoms with Crippen molar-refractivity contribution in [3.8, 4) is 5.88 Å². The molecule has 0 aliphatic carbocycles. The molecule has 0 aliphatic heterocycles. The highest BCUT2D eigenvalue weighted by Crippen LogP contribution is 2.08. The highest BCUT2D eigenvalue weighted by molar-refractivity contribution is 5.20. The Kier molecular flexibility index (Phi) is 5.12. The number of ether oxygens (including phenoxy) is 1. The van der Waals surface area contributed by atoms with Gasteiger partial charge in [0.25, 0.3) is 0 Å². The summed E-state index contributed by atoms with van der Waals surface area (Å²) in [5, 5.41) is 3.42. The lowest BCUT2D eigenvalue weighted by Gasteiger charge is -2.10. The summed E-state index contributed by atoms with van der Waals surface area (Å²) in [4.78, 5) is 4.07. The molecule has 0 spiro atoms. The van der Waals surface area contributed by atoms with Crippen LogP contribution in [0.1, 0.15) is 25.8 Å². The van der Waals surface area contributed by atoms with Crippen LogP contribution in [-0.2, 0) is 6.54 Å². The number of nitrogens with zero attached hydrogens (tertiary/aromatic N) is 1. The van der Waals surface area contributed by atoms with Gasteiger partial charge in [-0.05, 0) is 24.1 Å². The highest BCUT2D eigenvalue weighted by atomic mass is 16.5. The van der Waals surface area contributed by atoms with Gasteiger partial charge in [-0.2, -0.15) is 0 Å². The van der Waals surface area contributed by atoms with Gasteiger partial charge in [0.2, 0.25) is 5.88 Å². The van der Waals surface area contributed by atoms with Crippen LogP contribution in [0.4, 0.5) is 0 Å². The molecular weight excluding hydrogens is 188 g/mol. The fourth-order valence-corrected chi connectivity index (χ4v) is 1.28. The molecule has 0 bridgehead atoms. The Morgan fingerprint density at radius 2 is 2.33 bits per heavy atom. The van der Waals surface area contributed by atoms with Gasteiger partial charge in [-0.1, -0.05) is 20.3 Å². The van der Waals surface area contributed by atoms with Crippen LogP contribution in [0.5, 0.6) is 5.88 Å². The van der Waals surface area contributed by atoms with Crippen molar-refractivity contribution < 1.29 is 4.74 Å². The molecular formula is C12H20N2O. The van der Waals surface area contributed by atoms with Gasteiger partial charge in [-0.3, -0.25) is 0 Å². The molecule has 84 valence electrons. The van der Waals surface area contributed by atoms with Crippen molar-refractivity contribution in [2.45, 2.75) is 26.8 Å². The summed E-state index contributed by atoms with van der Waals surface area (Å²) in [7, 11) is 1.64. The Morgan fingerprint density at radius 1 is 1.53 bits per heavy atom. The minimum atomic E-state index is 0.679. The normalized spacial score (nSPS) is 12.5. The van der Waals surface area contributed by atoms with E-state index in [9.17, 15) is 0 Å². The summed E-state index contributed by atoms with van der Waals surface area (Å²) < 4.78 is 5.06. The van der Waals surface area contributed by atoms with Crippen LogP contribution in [0.15, 0.2) is 18.3 Å². The zero-order valence-corrected chi connectivity index (χ0v) is 9.79. The van der Waals surface area contributed by atoms with Crippen LogP contribution >= 0.6 is 0 Å². The molecule has 0 amide bonds. The average Bonchev–Trinajstić information content (AvgIpc) is 2.29. The third-order valence-electron chi connectivity index (χ3n) is 2.53. The zero-order valence-electron chi connectivity index (χ0n) is 9.79. The predicted octanol–water partition coefficient (Wildman–Crippen LogP) is 2.23. The summed E-state index contributed by atoms with van der Waals surface area (Å²) in [6.45, 7) is 6.40. The van der Waals surface area contributed by atoms with Gasteiger partial charge in [-0.15, -0.1) is 0 Å². The van der Waals surface area contributed by atoms with Crippen LogP contribution in [-0.4, -0.2) is 18.6 Å². The van der Waals surface area contributed by atoms with Gasteiger partial charge in [0.1, 0.15) is 0 Å². The average molecular weight is 208 g/mol. The lowest BCUT2D eigenvalue weighted by Crippen LogP contribution is -2.20. The Bertz CT molecular complexity index is 289. The van der Waals surface area contributed by atoms with Gasteiger partial charge in [-0.25, -0.2) is 4.98 Å². The Hall–Kier alpha value is -1.09. The molecule has 1 unspecified atom stereocenters. The van der Waals surface area contributed by atoms with Gasteiger partial charge >= 0.3 is 0 Å². The summed E-state index contributed by atoms with van der Waals surface area (Å²) in [6, 6.07) is 3.97. The molecule has 3 heteroatoms. The monoisotopic (exact) mass is 208 g/mol. The summed E-state index contributed by atoms with van der Waals surface area (Å²) in [5.41, 5.74) is 1.21. The summed E-state index contributed by atoms with van der Waals surface area (Å²) in [5.74, 6) is 1.41. The van der Waals surface area contributed by atoms with Crippen LogP contribution in [0.3, 0.4) is 0 Å². The lowest BCUT2D eigenvalue weighted by molar-refractivity contribution is 0.397. The van der Waals surface area contributed by atoms with Crippen molar-refractivity contribution >= 4 is 0 Å². The van der Waals surface area contributed by atoms with E-state index in [1.807, 2.05) is 12.1 Å². The van der Waals surface area contributed by atoms with Crippen molar-refractivity contribution in [1.29, 1.82) is 0 Å². The maximum Gasteiger partial charge on any atom is 0.213 e. The Morgan fingerprint density at radius 3 is 3.00 bits per heavy atom. The molecule has 1 atom stereocenters. The van der Waals surface area contributed by atoms with E-state index in [1.54, 1.807) is 13.3 Å². The largest absolute Gasteiger partial charge is 0.481 e. The van der Waals surface area contributed by atoms with Gasteiger partial charge < -0.3 is 10.1 Å². The minimum absolute atomic E-state index is 0.679. The van der Waals surface area contributed by atoms with Crippen molar-refractivity contribution in [2.24, 2.45) is 5.92 Å². The first-order valence-corrected chi connectivity index (χ1v) is 5.46. The summed E-state index contributed by atoms with van der Waals surface area (Å²) in [6.07, 6.45) is 2.99. The second-order valence-electron chi connectivity index (χ2n) is 3.85. The second kappa shape index (κ2) is 6.40. The number of aromatic nitrogens is 1. The van der Waals surface area contributed by atoms with E-state index < -0.39 is 0 Å². The third kappa shape index (κ3) is 4.30. The predicted molar refractivity (Wildman–Crippen MR) is 62.0 cm³/mol. The van der Waals surface area contributed by atoms with E-state index in [4.69, 9.17) is 4.74 Å². The van der Waals surface area contributed by atoms with Crippen molar-refractivity contribution in [3.63, 3.8) is 0 Å². The molecule has 1 heterocycles. The lowest BCUT2D eigenvalue weighted by atomic mass is 10.1. The van der Waals surface area contributed by atoms with E-state index in [0.717, 1.165) is 19.0 Å². The first-order valence-electron chi connectivity index (χ1n) is 5.46. The highest BCUT2D eigenvalue weighted by Gasteiger charge is 1.99. The molecule has 15 heavy (non-hydrogen) atoms. The molecule has 1 aromatic rings. The number of rotatable bonds is 6. The zero-order chi connectivity index (χ0) is 11.1. The third-order valence-corrected chi connectivity index (χ3v) is 2.53. The molecule has 0 saturated heterocycles. The summed E-state index contributed by atoms with van der Waals surface area (Å²) >= 11 is 0. The SMILES string of the molecule is CCC(C)CNCc1ccnc(OC)c1. The van der Waals surface area contributed by atoms with Crippen LogP contribution < -0.4 is 10.1 Å². The van der Waals surface area contributed by atoms with Crippen molar-refractivity contribution in [2.75, 3.05) is 13.7 Å². The Labute approximate surface area is 91.9 Å². The molecule has 1 rings (SSSR count). The number of hydrogen-bond donors (Lipinski definition) is 1. The molecule has 1 aromatic heterocycles. The number of hydrogen-bond acceptors (Lipinski definition) is 3. The smallest absolute Gasteiger partial charge is 0.213 e. The molecule has 0 aliphatic rings. The Balaban J connectivity index is 2.37. The number of methoxy groups -OCH3 is 1. The van der Waals surface area contributed by atoms with E-state index >= 15 is 0 Å². The van der Waals surface area contributed by atoms with Crippen molar-refractivity contribution in [1.82, 2.24) is 10.3 Å². The second-order valence-corrected chi connectivity index (χ2v) is 3.85. The molecule has 3 nitrogen and oxygen atoms in total. The maximum absolute atomic E-state index is 5.06. The fourth-order valence-electron chi connectivity index (χ4n) is 1.28. The molecule has 0 radical (unpaired) electrons. The van der Waals surface area contributed by atoms with E-state index in [0.29, 0.717) is 5.88 Å². The van der Waals surface area contributed by atoms with Crippen molar-refractivity contribution in [3.05, 3.63) is 23.9 Å². The van der Waals surface area contributed by atoms with Crippen LogP contribution in [0, 0.1) is 5.92 Å². The van der Waals surface area contributed by atoms with E-state index in [1.165, 1.54) is 12.0 Å². The molecule has 1 N–H and O–H groups in total. The fraction of sp³-hybridized carbons (Fsp3) is 0.583. The quantitative estimate of drug-likeness (QED) is 0.778. The number of pyridine rings is 1. The molecule has 0 saturated carbocycles. The molecule has 0 aromatic carbocycles. The maximum atomic E-state index is 5.06. The van der Waals surface area contributed by atoms with Gasteiger partial charge in [0.05, 0.1) is 7.11 Å². The van der Waals surface area contributed by atoms with Crippen LogP contribution in [0.25, 0.3) is 0 Å². The van der Waals surface area contributed by atoms with Crippen LogP contribution in [0.2, 0.25) is 0 Å².